The quantitative estimate of drug-likeness (QED) is 0.793. The molecule has 1 saturated heterocycles. The lowest BCUT2D eigenvalue weighted by molar-refractivity contribution is -0.150. The Morgan fingerprint density at radius 3 is 2.60 bits per heavy atom. The Labute approximate surface area is 119 Å². The third-order valence-corrected chi connectivity index (χ3v) is 4.02. The Bertz CT molecular complexity index is 495. The number of nitrogens with zero attached hydrogens (tertiary/aromatic N) is 1. The number of methoxy groups -OCH3 is 1. The zero-order valence-corrected chi connectivity index (χ0v) is 12.3. The van der Waals surface area contributed by atoms with Crippen LogP contribution < -0.4 is 0 Å². The molecular weight excluding hydrogens is 254 g/mol. The number of likely N-dealkylation sites (tertiary alicyclic amines) is 1. The first kappa shape index (κ1) is 14.6. The van der Waals surface area contributed by atoms with E-state index >= 15 is 0 Å². The van der Waals surface area contributed by atoms with E-state index in [2.05, 4.69) is 19.1 Å². The van der Waals surface area contributed by atoms with Crippen molar-refractivity contribution < 1.29 is 14.3 Å². The third kappa shape index (κ3) is 2.69. The van der Waals surface area contributed by atoms with Gasteiger partial charge in [0.2, 0.25) is 5.91 Å². The number of esters is 1. The van der Waals surface area contributed by atoms with Crippen LogP contribution in [0.4, 0.5) is 0 Å². The molecule has 1 fully saturated rings. The minimum absolute atomic E-state index is 0.0208. The van der Waals surface area contributed by atoms with Crippen LogP contribution in [-0.4, -0.2) is 29.9 Å². The molecule has 20 heavy (non-hydrogen) atoms. The van der Waals surface area contributed by atoms with Crippen molar-refractivity contribution in [1.82, 2.24) is 4.90 Å². The average molecular weight is 275 g/mol. The summed E-state index contributed by atoms with van der Waals surface area (Å²) in [6, 6.07) is 7.64. The number of carbonyl (C=O) groups excluding carboxylic acids is 2. The molecule has 1 aliphatic heterocycles. The molecule has 0 saturated carbocycles. The highest BCUT2D eigenvalue weighted by Crippen LogP contribution is 2.30. The van der Waals surface area contributed by atoms with E-state index in [4.69, 9.17) is 4.74 Å². The molecular formula is C16H21NO3. The van der Waals surface area contributed by atoms with E-state index < -0.39 is 6.04 Å². The number of hydrogen-bond donors (Lipinski definition) is 0. The molecule has 4 heteroatoms. The highest BCUT2D eigenvalue weighted by atomic mass is 16.5. The van der Waals surface area contributed by atoms with Crippen LogP contribution in [0.5, 0.6) is 0 Å². The summed E-state index contributed by atoms with van der Waals surface area (Å²) in [5.41, 5.74) is 2.31. The predicted molar refractivity (Wildman–Crippen MR) is 76.1 cm³/mol. The Kier molecular flexibility index (Phi) is 4.42. The molecule has 0 aliphatic carbocycles. The van der Waals surface area contributed by atoms with E-state index in [0.29, 0.717) is 12.8 Å². The molecule has 0 bridgehead atoms. The molecule has 0 N–H and O–H groups in total. The molecule has 1 aromatic carbocycles. The summed E-state index contributed by atoms with van der Waals surface area (Å²) in [5.74, 6) is -0.305. The van der Waals surface area contributed by atoms with Crippen LogP contribution in [0, 0.1) is 0 Å². The van der Waals surface area contributed by atoms with Crippen LogP contribution in [-0.2, 0) is 20.7 Å². The first-order valence-electron chi connectivity index (χ1n) is 7.06. The smallest absolute Gasteiger partial charge is 0.328 e. The van der Waals surface area contributed by atoms with Crippen molar-refractivity contribution in [2.45, 2.75) is 45.2 Å². The van der Waals surface area contributed by atoms with E-state index in [1.807, 2.05) is 19.1 Å². The van der Waals surface area contributed by atoms with Gasteiger partial charge >= 0.3 is 5.97 Å². The fourth-order valence-corrected chi connectivity index (χ4v) is 2.75. The van der Waals surface area contributed by atoms with Gasteiger partial charge in [-0.25, -0.2) is 4.79 Å². The second kappa shape index (κ2) is 6.07. The van der Waals surface area contributed by atoms with Crippen LogP contribution in [0.1, 0.15) is 43.9 Å². The average Bonchev–Trinajstić information content (AvgIpc) is 2.87. The minimum Gasteiger partial charge on any atom is -0.467 e. The zero-order valence-electron chi connectivity index (χ0n) is 12.3. The van der Waals surface area contributed by atoms with Gasteiger partial charge in [0.1, 0.15) is 6.04 Å². The van der Waals surface area contributed by atoms with E-state index in [0.717, 1.165) is 12.0 Å². The van der Waals surface area contributed by atoms with Crippen LogP contribution in [0.25, 0.3) is 0 Å². The van der Waals surface area contributed by atoms with Crippen LogP contribution in [0.15, 0.2) is 24.3 Å². The number of hydrogen-bond acceptors (Lipinski definition) is 3. The van der Waals surface area contributed by atoms with Crippen molar-refractivity contribution >= 4 is 11.9 Å². The summed E-state index contributed by atoms with van der Waals surface area (Å²) in [6.07, 6.45) is 1.95. The molecule has 2 rings (SSSR count). The van der Waals surface area contributed by atoms with E-state index in [-0.39, 0.29) is 17.9 Å². The van der Waals surface area contributed by atoms with E-state index in [1.54, 1.807) is 4.90 Å². The van der Waals surface area contributed by atoms with Crippen LogP contribution in [0.3, 0.4) is 0 Å². The molecule has 108 valence electrons. The van der Waals surface area contributed by atoms with Crippen LogP contribution in [0.2, 0.25) is 0 Å². The Morgan fingerprint density at radius 1 is 1.40 bits per heavy atom. The maximum Gasteiger partial charge on any atom is 0.328 e. The molecule has 1 aliphatic rings. The lowest BCUT2D eigenvalue weighted by atomic mass is 10.0. The van der Waals surface area contributed by atoms with Gasteiger partial charge in [-0.15, -0.1) is 0 Å². The maximum atomic E-state index is 12.1. The summed E-state index contributed by atoms with van der Waals surface area (Å²) < 4.78 is 4.80. The minimum atomic E-state index is -0.451. The zero-order chi connectivity index (χ0) is 14.7. The van der Waals surface area contributed by atoms with Crippen molar-refractivity contribution in [3.63, 3.8) is 0 Å². The van der Waals surface area contributed by atoms with Gasteiger partial charge in [-0.05, 0) is 30.9 Å². The topological polar surface area (TPSA) is 46.6 Å². The number of aryl methyl sites for hydroxylation is 1. The van der Waals surface area contributed by atoms with Crippen molar-refractivity contribution in [2.75, 3.05) is 7.11 Å². The highest BCUT2D eigenvalue weighted by molar-refractivity contribution is 5.88. The molecule has 4 nitrogen and oxygen atoms in total. The first-order chi connectivity index (χ1) is 9.58. The molecule has 2 unspecified atom stereocenters. The second-order valence-corrected chi connectivity index (χ2v) is 5.15. The lowest BCUT2D eigenvalue weighted by Crippen LogP contribution is -2.40. The third-order valence-electron chi connectivity index (χ3n) is 4.02. The Hall–Kier alpha value is -1.84. The largest absolute Gasteiger partial charge is 0.467 e. The van der Waals surface area contributed by atoms with Gasteiger partial charge in [0.25, 0.3) is 0 Å². The molecule has 1 aromatic rings. The summed E-state index contributed by atoms with van der Waals surface area (Å²) in [5, 5.41) is 0. The van der Waals surface area contributed by atoms with E-state index in [1.165, 1.54) is 12.7 Å². The summed E-state index contributed by atoms with van der Waals surface area (Å²) in [6.45, 7) is 4.07. The fourth-order valence-electron chi connectivity index (χ4n) is 2.75. The Balaban J connectivity index is 2.22. The van der Waals surface area contributed by atoms with Crippen LogP contribution >= 0.6 is 0 Å². The molecule has 2 atom stereocenters. The fraction of sp³-hybridized carbons (Fsp3) is 0.500. The van der Waals surface area contributed by atoms with Gasteiger partial charge in [-0.1, -0.05) is 31.2 Å². The maximum absolute atomic E-state index is 12.1. The van der Waals surface area contributed by atoms with Gasteiger partial charge in [0.05, 0.1) is 13.2 Å². The van der Waals surface area contributed by atoms with Crippen molar-refractivity contribution in [2.24, 2.45) is 0 Å². The number of ether oxygens (including phenoxy) is 1. The standard InChI is InChI=1S/C16H21NO3/c1-4-12-5-7-13(8-6-12)11(2)17-14(16(19)20-3)9-10-15(17)18/h5-8,11,14H,4,9-10H2,1-3H3. The SMILES string of the molecule is CCc1ccc(C(C)N2C(=O)CCC2C(=O)OC)cc1. The summed E-state index contributed by atoms with van der Waals surface area (Å²) >= 11 is 0. The van der Waals surface area contributed by atoms with Gasteiger partial charge in [0, 0.05) is 6.42 Å². The Morgan fingerprint density at radius 2 is 2.05 bits per heavy atom. The number of carbonyl (C=O) groups is 2. The van der Waals surface area contributed by atoms with Crippen molar-refractivity contribution in [3.8, 4) is 0 Å². The summed E-state index contributed by atoms with van der Waals surface area (Å²) in [4.78, 5) is 25.5. The van der Waals surface area contributed by atoms with Crippen molar-refractivity contribution in [3.05, 3.63) is 35.4 Å². The molecule has 1 amide bonds. The first-order valence-corrected chi connectivity index (χ1v) is 7.06. The van der Waals surface area contributed by atoms with Gasteiger partial charge < -0.3 is 9.64 Å². The molecule has 0 spiro atoms. The number of benzene rings is 1. The van der Waals surface area contributed by atoms with E-state index in [9.17, 15) is 9.59 Å². The monoisotopic (exact) mass is 275 g/mol. The molecule has 0 radical (unpaired) electrons. The van der Waals surface area contributed by atoms with Crippen molar-refractivity contribution in [1.29, 1.82) is 0 Å². The predicted octanol–water partition coefficient (Wildman–Crippen LogP) is 2.47. The normalized spacial score (nSPS) is 20.1. The number of rotatable bonds is 4. The second-order valence-electron chi connectivity index (χ2n) is 5.15. The van der Waals surface area contributed by atoms with Gasteiger partial charge in [-0.2, -0.15) is 0 Å². The lowest BCUT2D eigenvalue weighted by Gasteiger charge is -2.29. The van der Waals surface area contributed by atoms with Gasteiger partial charge in [0.15, 0.2) is 0 Å². The summed E-state index contributed by atoms with van der Waals surface area (Å²) in [7, 11) is 1.37. The molecule has 0 aromatic heterocycles. The highest BCUT2D eigenvalue weighted by Gasteiger charge is 2.39. The molecule has 1 heterocycles. The number of amides is 1. The van der Waals surface area contributed by atoms with Gasteiger partial charge in [-0.3, -0.25) is 4.79 Å².